The lowest BCUT2D eigenvalue weighted by atomic mass is 9.98. The lowest BCUT2D eigenvalue weighted by Crippen LogP contribution is -2.49. The molecule has 6 heteroatoms. The van der Waals surface area contributed by atoms with Gasteiger partial charge in [0.1, 0.15) is 6.04 Å². The Morgan fingerprint density at radius 2 is 2.15 bits per heavy atom. The van der Waals surface area contributed by atoms with Crippen molar-refractivity contribution in [1.82, 2.24) is 5.32 Å². The Balaban J connectivity index is 2.44. The Morgan fingerprint density at radius 1 is 1.40 bits per heavy atom. The maximum absolute atomic E-state index is 12.0. The van der Waals surface area contributed by atoms with Crippen molar-refractivity contribution in [3.63, 3.8) is 0 Å². The van der Waals surface area contributed by atoms with Crippen LogP contribution in [-0.2, 0) is 4.79 Å². The number of carboxylic acids is 1. The third-order valence-corrected chi connectivity index (χ3v) is 3.61. The number of benzene rings is 1. The molecule has 0 bridgehead atoms. The summed E-state index contributed by atoms with van der Waals surface area (Å²) in [6.07, 6.45) is 2.61. The third-order valence-electron chi connectivity index (χ3n) is 3.61. The van der Waals surface area contributed by atoms with E-state index in [4.69, 9.17) is 5.73 Å². The Morgan fingerprint density at radius 3 is 2.80 bits per heavy atom. The first-order valence-corrected chi connectivity index (χ1v) is 6.65. The van der Waals surface area contributed by atoms with Crippen LogP contribution in [0.3, 0.4) is 0 Å². The van der Waals surface area contributed by atoms with Gasteiger partial charge in [-0.15, -0.1) is 0 Å². The number of amides is 1. The van der Waals surface area contributed by atoms with Crippen LogP contribution < -0.4 is 16.0 Å². The summed E-state index contributed by atoms with van der Waals surface area (Å²) >= 11 is 0. The second kappa shape index (κ2) is 5.81. The number of hydrogen-bond acceptors (Lipinski definition) is 4. The van der Waals surface area contributed by atoms with Gasteiger partial charge in [-0.25, -0.2) is 4.79 Å². The molecule has 6 nitrogen and oxygen atoms in total. The smallest absolute Gasteiger partial charge is 0.337 e. The van der Waals surface area contributed by atoms with E-state index in [9.17, 15) is 14.7 Å². The van der Waals surface area contributed by atoms with Gasteiger partial charge in [-0.05, 0) is 37.5 Å². The molecule has 0 aromatic heterocycles. The van der Waals surface area contributed by atoms with Crippen molar-refractivity contribution in [3.8, 4) is 0 Å². The molecule has 1 heterocycles. The van der Waals surface area contributed by atoms with Crippen molar-refractivity contribution >= 4 is 23.3 Å². The van der Waals surface area contributed by atoms with Crippen molar-refractivity contribution in [2.45, 2.75) is 25.3 Å². The lowest BCUT2D eigenvalue weighted by Gasteiger charge is -2.37. The van der Waals surface area contributed by atoms with Crippen LogP contribution in [0.4, 0.5) is 11.4 Å². The Hall–Kier alpha value is -2.24. The highest BCUT2D eigenvalue weighted by molar-refractivity contribution is 5.97. The van der Waals surface area contributed by atoms with Gasteiger partial charge in [-0.3, -0.25) is 4.79 Å². The fraction of sp³-hybridized carbons (Fsp3) is 0.429. The average molecular weight is 277 g/mol. The molecule has 1 saturated heterocycles. The molecular formula is C14H19N3O3. The minimum absolute atomic E-state index is 0.0940. The van der Waals surface area contributed by atoms with Gasteiger partial charge in [0.05, 0.1) is 11.3 Å². The highest BCUT2D eigenvalue weighted by atomic mass is 16.4. The molecule has 2 rings (SSSR count). The van der Waals surface area contributed by atoms with E-state index in [1.165, 1.54) is 6.07 Å². The Labute approximate surface area is 117 Å². The summed E-state index contributed by atoms with van der Waals surface area (Å²) in [5.74, 6) is -1.11. The molecular weight excluding hydrogens is 258 g/mol. The first kappa shape index (κ1) is 14.2. The summed E-state index contributed by atoms with van der Waals surface area (Å²) in [6, 6.07) is 4.34. The zero-order valence-corrected chi connectivity index (χ0v) is 11.4. The fourth-order valence-electron chi connectivity index (χ4n) is 2.63. The van der Waals surface area contributed by atoms with E-state index in [2.05, 4.69) is 5.32 Å². The van der Waals surface area contributed by atoms with Gasteiger partial charge in [0.25, 0.3) is 0 Å². The highest BCUT2D eigenvalue weighted by Gasteiger charge is 2.30. The molecule has 20 heavy (non-hydrogen) atoms. The van der Waals surface area contributed by atoms with Crippen LogP contribution in [0.15, 0.2) is 18.2 Å². The maximum atomic E-state index is 12.0. The predicted octanol–water partition coefficient (Wildman–Crippen LogP) is 1.07. The van der Waals surface area contributed by atoms with E-state index in [0.717, 1.165) is 12.8 Å². The van der Waals surface area contributed by atoms with Crippen LogP contribution in [0.25, 0.3) is 0 Å². The molecule has 1 aliphatic rings. The summed E-state index contributed by atoms with van der Waals surface area (Å²) in [5.41, 5.74) is 6.96. The first-order valence-electron chi connectivity index (χ1n) is 6.65. The molecule has 0 spiro atoms. The Kier molecular flexibility index (Phi) is 4.12. The molecule has 1 fully saturated rings. The van der Waals surface area contributed by atoms with Crippen LogP contribution in [0.1, 0.15) is 29.6 Å². The number of carbonyl (C=O) groups excluding carboxylic acids is 1. The van der Waals surface area contributed by atoms with Crippen molar-refractivity contribution in [1.29, 1.82) is 0 Å². The number of nitrogens with two attached hydrogens (primary N) is 1. The van der Waals surface area contributed by atoms with Crippen LogP contribution in [0.5, 0.6) is 0 Å². The van der Waals surface area contributed by atoms with Crippen LogP contribution >= 0.6 is 0 Å². The number of anilines is 2. The minimum Gasteiger partial charge on any atom is -0.478 e. The number of carboxylic acid groups (broad SMARTS) is 1. The maximum Gasteiger partial charge on any atom is 0.337 e. The van der Waals surface area contributed by atoms with Gasteiger partial charge < -0.3 is 21.1 Å². The summed E-state index contributed by atoms with van der Waals surface area (Å²) in [7, 11) is 1.59. The molecule has 0 aliphatic carbocycles. The van der Waals surface area contributed by atoms with E-state index < -0.39 is 5.97 Å². The number of nitrogens with one attached hydrogen (secondary N) is 1. The van der Waals surface area contributed by atoms with Gasteiger partial charge in [-0.2, -0.15) is 0 Å². The SMILES string of the molecule is CNC(=O)C1CCCCN1c1cc(N)ccc1C(=O)O. The number of hydrogen-bond donors (Lipinski definition) is 3. The fourth-order valence-corrected chi connectivity index (χ4v) is 2.63. The number of likely N-dealkylation sites (N-methyl/N-ethyl adjacent to an activating group) is 1. The highest BCUT2D eigenvalue weighted by Crippen LogP contribution is 2.30. The molecule has 1 aromatic carbocycles. The number of aromatic carboxylic acids is 1. The molecule has 0 saturated carbocycles. The standard InChI is InChI=1S/C14H19N3O3/c1-16-13(18)11-4-2-3-7-17(11)12-8-9(15)5-6-10(12)14(19)20/h5-6,8,11H,2-4,7,15H2,1H3,(H,16,18)(H,19,20). The van der Waals surface area contributed by atoms with E-state index in [-0.39, 0.29) is 17.5 Å². The van der Waals surface area contributed by atoms with Gasteiger partial charge >= 0.3 is 5.97 Å². The van der Waals surface area contributed by atoms with E-state index in [0.29, 0.717) is 24.3 Å². The molecule has 1 atom stereocenters. The Bertz CT molecular complexity index is 530. The molecule has 1 aliphatic heterocycles. The minimum atomic E-state index is -1.01. The number of rotatable bonds is 3. The molecule has 1 amide bonds. The van der Waals surface area contributed by atoms with Gasteiger partial charge in [0.2, 0.25) is 5.91 Å². The quantitative estimate of drug-likeness (QED) is 0.718. The second-order valence-corrected chi connectivity index (χ2v) is 4.90. The summed E-state index contributed by atoms with van der Waals surface area (Å²) in [5, 5.41) is 11.9. The first-order chi connectivity index (χ1) is 9.54. The van der Waals surface area contributed by atoms with Crippen LogP contribution in [-0.4, -0.2) is 36.6 Å². The van der Waals surface area contributed by atoms with E-state index >= 15 is 0 Å². The summed E-state index contributed by atoms with van der Waals surface area (Å²) in [4.78, 5) is 25.2. The largest absolute Gasteiger partial charge is 0.478 e. The molecule has 108 valence electrons. The zero-order chi connectivity index (χ0) is 14.7. The van der Waals surface area contributed by atoms with Crippen LogP contribution in [0.2, 0.25) is 0 Å². The molecule has 1 unspecified atom stereocenters. The van der Waals surface area contributed by atoms with Crippen LogP contribution in [0, 0.1) is 0 Å². The third kappa shape index (κ3) is 2.68. The second-order valence-electron chi connectivity index (χ2n) is 4.90. The van der Waals surface area contributed by atoms with Gasteiger partial charge in [0.15, 0.2) is 0 Å². The lowest BCUT2D eigenvalue weighted by molar-refractivity contribution is -0.122. The number of nitrogens with zero attached hydrogens (tertiary/aromatic N) is 1. The van der Waals surface area contributed by atoms with E-state index in [1.807, 2.05) is 4.90 Å². The van der Waals surface area contributed by atoms with Crippen molar-refractivity contribution < 1.29 is 14.7 Å². The zero-order valence-electron chi connectivity index (χ0n) is 11.4. The number of carbonyl (C=O) groups is 2. The molecule has 1 aromatic rings. The normalized spacial score (nSPS) is 18.6. The van der Waals surface area contributed by atoms with Gasteiger partial charge in [0, 0.05) is 19.3 Å². The monoisotopic (exact) mass is 277 g/mol. The number of nitrogen functional groups attached to an aromatic ring is 1. The number of piperidine rings is 1. The topological polar surface area (TPSA) is 95.7 Å². The molecule has 4 N–H and O–H groups in total. The average Bonchev–Trinajstić information content (AvgIpc) is 2.46. The van der Waals surface area contributed by atoms with Crippen molar-refractivity contribution in [2.75, 3.05) is 24.2 Å². The van der Waals surface area contributed by atoms with Crippen molar-refractivity contribution in [3.05, 3.63) is 23.8 Å². The van der Waals surface area contributed by atoms with Gasteiger partial charge in [-0.1, -0.05) is 0 Å². The van der Waals surface area contributed by atoms with Crippen molar-refractivity contribution in [2.24, 2.45) is 0 Å². The molecule has 0 radical (unpaired) electrons. The summed E-state index contributed by atoms with van der Waals surface area (Å²) in [6.45, 7) is 0.655. The predicted molar refractivity (Wildman–Crippen MR) is 76.9 cm³/mol. The van der Waals surface area contributed by atoms with E-state index in [1.54, 1.807) is 19.2 Å². The summed E-state index contributed by atoms with van der Waals surface area (Å²) < 4.78 is 0.